The van der Waals surface area contributed by atoms with Crippen molar-refractivity contribution in [1.82, 2.24) is 4.98 Å². The Morgan fingerprint density at radius 3 is 2.47 bits per heavy atom. The lowest BCUT2D eigenvalue weighted by molar-refractivity contribution is 0.102. The summed E-state index contributed by atoms with van der Waals surface area (Å²) in [4.78, 5) is 17.0. The zero-order chi connectivity index (χ0) is 20.9. The molecule has 30 heavy (non-hydrogen) atoms. The van der Waals surface area contributed by atoms with E-state index in [0.29, 0.717) is 22.0 Å². The van der Waals surface area contributed by atoms with Gasteiger partial charge in [-0.1, -0.05) is 29.8 Å². The Hall–Kier alpha value is -3.35. The molecule has 0 aliphatic heterocycles. The van der Waals surface area contributed by atoms with Crippen molar-refractivity contribution in [1.29, 1.82) is 0 Å². The van der Waals surface area contributed by atoms with E-state index in [0.717, 1.165) is 22.1 Å². The Kier molecular flexibility index (Phi) is 5.97. The molecular weight excluding hydrogens is 418 g/mol. The number of hydrogen-bond donors (Lipinski definition) is 2. The number of hydrogen-bond acceptors (Lipinski definition) is 5. The summed E-state index contributed by atoms with van der Waals surface area (Å²) in [7, 11) is 1.59. The number of benzene rings is 3. The molecule has 0 saturated heterocycles. The van der Waals surface area contributed by atoms with E-state index in [4.69, 9.17) is 16.3 Å². The number of nitrogens with zero attached hydrogens (tertiary/aromatic N) is 1. The molecule has 1 amide bonds. The number of anilines is 3. The van der Waals surface area contributed by atoms with E-state index in [1.165, 1.54) is 11.3 Å². The molecule has 0 aliphatic carbocycles. The van der Waals surface area contributed by atoms with Gasteiger partial charge in [0.05, 0.1) is 12.8 Å². The number of aromatic nitrogens is 1. The van der Waals surface area contributed by atoms with Gasteiger partial charge in [-0.15, -0.1) is 11.3 Å². The number of carbonyl (C=O) groups excluding carboxylic acids is 1. The van der Waals surface area contributed by atoms with Crippen molar-refractivity contribution < 1.29 is 9.53 Å². The van der Waals surface area contributed by atoms with Crippen LogP contribution in [0.1, 0.15) is 10.4 Å². The van der Waals surface area contributed by atoms with Gasteiger partial charge in [0.15, 0.2) is 5.13 Å². The Bertz CT molecular complexity index is 1160. The van der Waals surface area contributed by atoms with Crippen LogP contribution in [0, 0.1) is 0 Å². The van der Waals surface area contributed by atoms with Crippen molar-refractivity contribution in [3.05, 3.63) is 88.8 Å². The molecular formula is C23H18ClN3O2S. The molecule has 4 rings (SSSR count). The minimum Gasteiger partial charge on any atom is -0.497 e. The zero-order valence-corrected chi connectivity index (χ0v) is 17.6. The number of halogens is 1. The topological polar surface area (TPSA) is 63.2 Å². The molecule has 0 atom stereocenters. The maximum absolute atomic E-state index is 12.4. The number of ether oxygens (including phenoxy) is 1. The van der Waals surface area contributed by atoms with E-state index in [1.807, 2.05) is 53.9 Å². The third-order valence-corrected chi connectivity index (χ3v) is 5.36. The van der Waals surface area contributed by atoms with Gasteiger partial charge < -0.3 is 15.4 Å². The van der Waals surface area contributed by atoms with E-state index in [2.05, 4.69) is 15.6 Å². The highest BCUT2D eigenvalue weighted by Gasteiger charge is 2.08. The first-order chi connectivity index (χ1) is 14.6. The number of methoxy groups -OCH3 is 1. The Morgan fingerprint density at radius 2 is 1.77 bits per heavy atom. The molecule has 1 heterocycles. The molecule has 0 radical (unpaired) electrons. The van der Waals surface area contributed by atoms with Gasteiger partial charge in [-0.2, -0.15) is 0 Å². The van der Waals surface area contributed by atoms with Crippen LogP contribution in [0.5, 0.6) is 5.75 Å². The van der Waals surface area contributed by atoms with Crippen LogP contribution < -0.4 is 15.4 Å². The van der Waals surface area contributed by atoms with Crippen LogP contribution in [0.4, 0.5) is 16.5 Å². The van der Waals surface area contributed by atoms with Crippen LogP contribution in [0.2, 0.25) is 5.02 Å². The molecule has 1 aromatic heterocycles. The first-order valence-electron chi connectivity index (χ1n) is 9.15. The zero-order valence-electron chi connectivity index (χ0n) is 16.1. The summed E-state index contributed by atoms with van der Waals surface area (Å²) >= 11 is 7.54. The molecule has 5 nitrogen and oxygen atoms in total. The fourth-order valence-corrected chi connectivity index (χ4v) is 3.75. The Labute approximate surface area is 183 Å². The van der Waals surface area contributed by atoms with E-state index in [1.54, 1.807) is 31.4 Å². The first kappa shape index (κ1) is 19.9. The van der Waals surface area contributed by atoms with Gasteiger partial charge >= 0.3 is 0 Å². The molecule has 2 N–H and O–H groups in total. The third kappa shape index (κ3) is 4.79. The standard InChI is InChI=1S/C23H18ClN3O2S/c1-29-20-11-7-16(8-12-20)22(28)25-18-9-5-15(6-10-18)21-14-30-23(27-21)26-19-4-2-3-17(24)13-19/h2-14H,1H3,(H,25,28)(H,26,27). The second kappa shape index (κ2) is 8.98. The third-order valence-electron chi connectivity index (χ3n) is 4.37. The highest BCUT2D eigenvalue weighted by atomic mass is 35.5. The maximum Gasteiger partial charge on any atom is 0.255 e. The molecule has 0 aliphatic rings. The van der Waals surface area contributed by atoms with Crippen LogP contribution >= 0.6 is 22.9 Å². The number of nitrogens with one attached hydrogen (secondary N) is 2. The molecule has 3 aromatic carbocycles. The van der Waals surface area contributed by atoms with Crippen molar-refractivity contribution in [3.63, 3.8) is 0 Å². The Morgan fingerprint density at radius 1 is 1.00 bits per heavy atom. The summed E-state index contributed by atoms with van der Waals surface area (Å²) in [5, 5.41) is 9.59. The number of thiazole rings is 1. The normalized spacial score (nSPS) is 10.5. The van der Waals surface area contributed by atoms with Crippen molar-refractivity contribution in [2.24, 2.45) is 0 Å². The average Bonchev–Trinajstić information content (AvgIpc) is 3.23. The van der Waals surface area contributed by atoms with E-state index in [9.17, 15) is 4.79 Å². The molecule has 0 bridgehead atoms. The largest absolute Gasteiger partial charge is 0.497 e. The minimum absolute atomic E-state index is 0.174. The minimum atomic E-state index is -0.174. The van der Waals surface area contributed by atoms with Gasteiger partial charge in [0.2, 0.25) is 0 Å². The van der Waals surface area contributed by atoms with Gasteiger partial charge in [-0.05, 0) is 54.6 Å². The number of rotatable bonds is 6. The highest BCUT2D eigenvalue weighted by Crippen LogP contribution is 2.28. The van der Waals surface area contributed by atoms with E-state index >= 15 is 0 Å². The summed E-state index contributed by atoms with van der Waals surface area (Å²) in [6, 6.07) is 22.1. The predicted molar refractivity (Wildman–Crippen MR) is 123 cm³/mol. The first-order valence-corrected chi connectivity index (χ1v) is 10.4. The van der Waals surface area contributed by atoms with Gasteiger partial charge in [-0.25, -0.2) is 4.98 Å². The smallest absolute Gasteiger partial charge is 0.255 e. The molecule has 4 aromatic rings. The second-order valence-corrected chi connectivity index (χ2v) is 7.73. The van der Waals surface area contributed by atoms with Crippen molar-refractivity contribution in [2.75, 3.05) is 17.7 Å². The summed E-state index contributed by atoms with van der Waals surface area (Å²) in [5.74, 6) is 0.537. The van der Waals surface area contributed by atoms with E-state index < -0.39 is 0 Å². The van der Waals surface area contributed by atoms with Gasteiger partial charge in [0, 0.05) is 32.9 Å². The lowest BCUT2D eigenvalue weighted by atomic mass is 10.1. The van der Waals surface area contributed by atoms with E-state index in [-0.39, 0.29) is 5.91 Å². The summed E-state index contributed by atoms with van der Waals surface area (Å²) < 4.78 is 5.12. The fraction of sp³-hybridized carbons (Fsp3) is 0.0435. The van der Waals surface area contributed by atoms with Crippen LogP contribution in [0.3, 0.4) is 0 Å². The van der Waals surface area contributed by atoms with Crippen molar-refractivity contribution in [3.8, 4) is 17.0 Å². The quantitative estimate of drug-likeness (QED) is 0.364. The molecule has 0 saturated carbocycles. The number of amides is 1. The van der Waals surface area contributed by atoms with Crippen LogP contribution in [0.25, 0.3) is 11.3 Å². The molecule has 0 fully saturated rings. The van der Waals surface area contributed by atoms with Crippen molar-refractivity contribution in [2.45, 2.75) is 0 Å². The molecule has 7 heteroatoms. The average molecular weight is 436 g/mol. The summed E-state index contributed by atoms with van der Waals surface area (Å²) in [6.07, 6.45) is 0. The fourth-order valence-electron chi connectivity index (χ4n) is 2.82. The highest BCUT2D eigenvalue weighted by molar-refractivity contribution is 7.14. The maximum atomic E-state index is 12.4. The number of carbonyl (C=O) groups is 1. The monoisotopic (exact) mass is 435 g/mol. The van der Waals surface area contributed by atoms with Crippen molar-refractivity contribution >= 4 is 45.4 Å². The molecule has 0 spiro atoms. The van der Waals surface area contributed by atoms with Gasteiger partial charge in [0.1, 0.15) is 5.75 Å². The van der Waals surface area contributed by atoms with Gasteiger partial charge in [0.25, 0.3) is 5.91 Å². The Balaban J connectivity index is 1.42. The van der Waals surface area contributed by atoms with Crippen LogP contribution in [-0.4, -0.2) is 18.0 Å². The summed E-state index contributed by atoms with van der Waals surface area (Å²) in [5.41, 5.74) is 3.99. The second-order valence-electron chi connectivity index (χ2n) is 6.43. The summed E-state index contributed by atoms with van der Waals surface area (Å²) in [6.45, 7) is 0. The molecule has 0 unspecified atom stereocenters. The van der Waals surface area contributed by atoms with Gasteiger partial charge in [-0.3, -0.25) is 4.79 Å². The SMILES string of the molecule is COc1ccc(C(=O)Nc2ccc(-c3csc(Nc4cccc(Cl)c4)n3)cc2)cc1. The lowest BCUT2D eigenvalue weighted by Crippen LogP contribution is -2.11. The van der Waals surface area contributed by atoms with Crippen LogP contribution in [-0.2, 0) is 0 Å². The lowest BCUT2D eigenvalue weighted by Gasteiger charge is -2.07. The predicted octanol–water partition coefficient (Wildman–Crippen LogP) is 6.47. The van der Waals surface area contributed by atoms with Crippen LogP contribution in [0.15, 0.2) is 78.2 Å². The molecule has 150 valence electrons.